The van der Waals surface area contributed by atoms with Crippen molar-refractivity contribution >= 4 is 19.3 Å². The first-order valence-corrected chi connectivity index (χ1v) is 3.83. The molecule has 13 heavy (non-hydrogen) atoms. The second-order valence-corrected chi connectivity index (χ2v) is 2.80. The minimum atomic E-state index is 0. The highest BCUT2D eigenvalue weighted by Gasteiger charge is 1.98. The van der Waals surface area contributed by atoms with Crippen LogP contribution in [-0.4, -0.2) is 18.5 Å². The highest BCUT2D eigenvalue weighted by Crippen LogP contribution is 2.21. The zero-order valence-corrected chi connectivity index (χ0v) is 7.36. The van der Waals surface area contributed by atoms with Crippen molar-refractivity contribution in [3.63, 3.8) is 0 Å². The number of phenolic OH excluding ortho intramolecular Hbond substituents is 1. The number of aryl methyl sites for hydroxylation is 1. The number of hydrogen-bond acceptors (Lipinski definition) is 2. The molecule has 0 aliphatic rings. The monoisotopic (exact) mass is 170 g/mol. The summed E-state index contributed by atoms with van der Waals surface area (Å²) in [4.78, 5) is 4.23. The molecule has 2 rings (SSSR count). The summed E-state index contributed by atoms with van der Waals surface area (Å²) in [6.45, 7) is 1.91. The van der Waals surface area contributed by atoms with Crippen molar-refractivity contribution in [2.45, 2.75) is 6.92 Å². The number of para-hydroxylation sites is 1. The molecule has 1 aromatic carbocycles. The molecule has 1 aromatic heterocycles. The fraction of sp³-hybridized carbons (Fsp3) is 0.100. The van der Waals surface area contributed by atoms with Crippen molar-refractivity contribution in [2.24, 2.45) is 0 Å². The second kappa shape index (κ2) is 3.48. The number of phenols is 1. The summed E-state index contributed by atoms with van der Waals surface area (Å²) in [6, 6.07) is 9.28. The molecule has 0 amide bonds. The molecule has 0 aliphatic carbocycles. The summed E-state index contributed by atoms with van der Waals surface area (Å²) in [7, 11) is 0. The van der Waals surface area contributed by atoms with Crippen molar-refractivity contribution in [1.29, 1.82) is 0 Å². The molecule has 0 fully saturated rings. The normalized spacial score (nSPS) is 9.62. The average Bonchev–Trinajstić information content (AvgIpc) is 2.07. The molecule has 0 aliphatic heterocycles. The molecule has 0 saturated heterocycles. The van der Waals surface area contributed by atoms with E-state index in [2.05, 4.69) is 4.98 Å². The third kappa shape index (κ3) is 1.64. The Kier molecular flexibility index (Phi) is 2.56. The van der Waals surface area contributed by atoms with Gasteiger partial charge in [-0.3, -0.25) is 0 Å². The minimum absolute atomic E-state index is 0. The van der Waals surface area contributed by atoms with Crippen molar-refractivity contribution in [2.75, 3.05) is 0 Å². The molecule has 2 aromatic rings. The molecule has 1 heterocycles. The molecular weight excluding hydrogens is 161 g/mol. The highest BCUT2D eigenvalue weighted by atomic mass is 16.3. The first-order chi connectivity index (χ1) is 5.77. The van der Waals surface area contributed by atoms with Crippen LogP contribution in [0.25, 0.3) is 10.9 Å². The van der Waals surface area contributed by atoms with E-state index in [4.69, 9.17) is 0 Å². The van der Waals surface area contributed by atoms with Gasteiger partial charge in [-0.25, -0.2) is 4.98 Å². The van der Waals surface area contributed by atoms with E-state index in [1.54, 1.807) is 6.07 Å². The van der Waals surface area contributed by atoms with Gasteiger partial charge in [0, 0.05) is 19.5 Å². The fourth-order valence-electron chi connectivity index (χ4n) is 1.23. The van der Waals surface area contributed by atoms with E-state index in [0.29, 0.717) is 5.52 Å². The molecule has 2 nitrogen and oxygen atoms in total. The van der Waals surface area contributed by atoms with Crippen LogP contribution < -0.4 is 0 Å². The number of nitrogens with zero attached hydrogens (tertiary/aromatic N) is 1. The Morgan fingerprint density at radius 1 is 1.15 bits per heavy atom. The summed E-state index contributed by atoms with van der Waals surface area (Å²) in [5.74, 6) is 0.246. The highest BCUT2D eigenvalue weighted by molar-refractivity contribution is 5.84. The summed E-state index contributed by atoms with van der Waals surface area (Å²) in [5.41, 5.74) is 1.60. The van der Waals surface area contributed by atoms with Crippen LogP contribution in [0.2, 0.25) is 0 Å². The lowest BCUT2D eigenvalue weighted by Gasteiger charge is -1.99. The number of aromatic nitrogens is 1. The third-order valence-corrected chi connectivity index (χ3v) is 1.84. The van der Waals surface area contributed by atoms with Crippen LogP contribution in [0.4, 0.5) is 0 Å². The molecule has 0 spiro atoms. The van der Waals surface area contributed by atoms with Crippen molar-refractivity contribution in [3.8, 4) is 5.75 Å². The van der Waals surface area contributed by atoms with Crippen LogP contribution in [0, 0.1) is 6.92 Å². The van der Waals surface area contributed by atoms with Crippen LogP contribution >= 0.6 is 0 Å². The Labute approximate surface area is 78.8 Å². The number of benzene rings is 1. The number of rotatable bonds is 0. The predicted molar refractivity (Wildman–Crippen MR) is 53.9 cm³/mol. The van der Waals surface area contributed by atoms with Crippen LogP contribution in [-0.2, 0) is 0 Å². The van der Waals surface area contributed by atoms with Gasteiger partial charge in [-0.2, -0.15) is 0 Å². The van der Waals surface area contributed by atoms with E-state index >= 15 is 0 Å². The summed E-state index contributed by atoms with van der Waals surface area (Å²) < 4.78 is 0. The van der Waals surface area contributed by atoms with Gasteiger partial charge in [0.1, 0.15) is 11.3 Å². The first-order valence-electron chi connectivity index (χ1n) is 3.83. The van der Waals surface area contributed by atoms with Crippen LogP contribution in [0.15, 0.2) is 30.3 Å². The average molecular weight is 170 g/mol. The van der Waals surface area contributed by atoms with Gasteiger partial charge in [0.05, 0.1) is 0 Å². The van der Waals surface area contributed by atoms with E-state index < -0.39 is 0 Å². The van der Waals surface area contributed by atoms with Gasteiger partial charge in [0.2, 0.25) is 0 Å². The van der Waals surface area contributed by atoms with Crippen molar-refractivity contribution in [3.05, 3.63) is 36.0 Å². The van der Waals surface area contributed by atoms with Crippen molar-refractivity contribution < 1.29 is 5.11 Å². The zero-order chi connectivity index (χ0) is 8.55. The molecule has 3 radical (unpaired) electrons. The number of hydrogen-bond donors (Lipinski definition) is 1. The summed E-state index contributed by atoms with van der Waals surface area (Å²) in [6.07, 6.45) is 0. The smallest absolute Gasteiger partial charge is 0.141 e. The largest absolute Gasteiger partial charge is 0.506 e. The van der Waals surface area contributed by atoms with Gasteiger partial charge in [-0.1, -0.05) is 18.2 Å². The van der Waals surface area contributed by atoms with Gasteiger partial charge in [-0.15, -0.1) is 0 Å². The lowest BCUT2D eigenvalue weighted by Crippen LogP contribution is -1.82. The predicted octanol–water partition coefficient (Wildman–Crippen LogP) is 1.87. The summed E-state index contributed by atoms with van der Waals surface area (Å²) >= 11 is 0. The Bertz CT molecular complexity index is 428. The number of pyridine rings is 1. The number of fused-ring (bicyclic) bond motifs is 1. The van der Waals surface area contributed by atoms with Gasteiger partial charge in [0.15, 0.2) is 0 Å². The maximum Gasteiger partial charge on any atom is 0.141 e. The maximum atomic E-state index is 9.43. The topological polar surface area (TPSA) is 33.1 Å². The van der Waals surface area contributed by atoms with Crippen LogP contribution in [0.1, 0.15) is 5.69 Å². The van der Waals surface area contributed by atoms with Crippen molar-refractivity contribution in [1.82, 2.24) is 4.98 Å². The molecule has 63 valence electrons. The fourth-order valence-corrected chi connectivity index (χ4v) is 1.23. The van der Waals surface area contributed by atoms with E-state index in [-0.39, 0.29) is 14.2 Å². The Hall–Kier alpha value is -1.51. The quantitative estimate of drug-likeness (QED) is 0.612. The molecule has 0 unspecified atom stereocenters. The molecule has 3 heteroatoms. The van der Waals surface area contributed by atoms with E-state index in [9.17, 15) is 5.11 Å². The Morgan fingerprint density at radius 2 is 1.92 bits per heavy atom. The van der Waals surface area contributed by atoms with Crippen LogP contribution in [0.5, 0.6) is 5.75 Å². The summed E-state index contributed by atoms with van der Waals surface area (Å²) in [5, 5.41) is 10.4. The molecule has 0 atom stereocenters. The molecular formula is C10H9BNO. The standard InChI is InChI=1S/C10H9NO.B/c1-7-5-6-8-3-2-4-9(12)10(8)11-7;/h2-6,12H,1H3;. The van der Waals surface area contributed by atoms with E-state index in [1.165, 1.54) is 0 Å². The molecule has 1 N–H and O–H groups in total. The van der Waals surface area contributed by atoms with Gasteiger partial charge >= 0.3 is 0 Å². The minimum Gasteiger partial charge on any atom is -0.506 e. The lowest BCUT2D eigenvalue weighted by atomic mass is 10.2. The maximum absolute atomic E-state index is 9.43. The Morgan fingerprint density at radius 3 is 2.69 bits per heavy atom. The Balaban J connectivity index is 0.000000845. The zero-order valence-electron chi connectivity index (χ0n) is 7.36. The second-order valence-electron chi connectivity index (χ2n) is 2.80. The molecule has 0 saturated carbocycles. The van der Waals surface area contributed by atoms with Gasteiger partial charge < -0.3 is 5.11 Å². The number of aromatic hydroxyl groups is 1. The SMILES string of the molecule is Cc1ccc2cccc(O)c2n1.[B]. The van der Waals surface area contributed by atoms with Crippen LogP contribution in [0.3, 0.4) is 0 Å². The van der Waals surface area contributed by atoms with E-state index in [1.807, 2.05) is 31.2 Å². The molecule has 0 bridgehead atoms. The van der Waals surface area contributed by atoms with Gasteiger partial charge in [-0.05, 0) is 19.1 Å². The third-order valence-electron chi connectivity index (χ3n) is 1.84. The van der Waals surface area contributed by atoms with Gasteiger partial charge in [0.25, 0.3) is 0 Å². The van der Waals surface area contributed by atoms with E-state index in [0.717, 1.165) is 11.1 Å². The lowest BCUT2D eigenvalue weighted by molar-refractivity contribution is 0.480. The first kappa shape index (κ1) is 9.58.